The number of hydrogen-bond acceptors (Lipinski definition) is 6. The number of carbonyl (C=O) groups excluding carboxylic acids is 2. The lowest BCUT2D eigenvalue weighted by molar-refractivity contribution is -0.159. The lowest BCUT2D eigenvalue weighted by Gasteiger charge is -2.24. The number of ether oxygens (including phenoxy) is 1. The van der Waals surface area contributed by atoms with Gasteiger partial charge in [-0.05, 0) is 73.5 Å². The minimum Gasteiger partial charge on any atom is -0.438 e. The minimum absolute atomic E-state index is 0.341. The quantitative estimate of drug-likeness (QED) is 0.182. The van der Waals surface area contributed by atoms with Crippen LogP contribution in [0.1, 0.15) is 37.6 Å². The fourth-order valence-corrected chi connectivity index (χ4v) is 6.14. The molecule has 1 amide bonds. The molecule has 36 heavy (non-hydrogen) atoms. The maximum Gasteiger partial charge on any atom is 0.313 e. The number of hydrogen-bond donors (Lipinski definition) is 1. The number of fused-ring (bicyclic) bond motifs is 1. The van der Waals surface area contributed by atoms with E-state index in [0.29, 0.717) is 16.0 Å². The molecule has 2 unspecified atom stereocenters. The number of nitrogens with one attached hydrogen (secondary N) is 1. The summed E-state index contributed by atoms with van der Waals surface area (Å²) in [6.07, 6.45) is 2.13. The van der Waals surface area contributed by atoms with Gasteiger partial charge in [-0.15, -0.1) is 11.3 Å². The largest absolute Gasteiger partial charge is 0.438 e. The van der Waals surface area contributed by atoms with Crippen LogP contribution < -0.4 is 5.32 Å². The van der Waals surface area contributed by atoms with Crippen LogP contribution >= 0.6 is 30.3 Å². The first kappa shape index (κ1) is 28.0. The predicted octanol–water partition coefficient (Wildman–Crippen LogP) is 7.13. The van der Waals surface area contributed by atoms with Gasteiger partial charge < -0.3 is 10.1 Å². The lowest BCUT2D eigenvalue weighted by atomic mass is 9.98. The molecular formula is C25H25ClF2NO5PS. The van der Waals surface area contributed by atoms with Crippen molar-refractivity contribution in [2.75, 3.05) is 13.5 Å². The second kappa shape index (κ2) is 11.2. The van der Waals surface area contributed by atoms with Crippen molar-refractivity contribution in [3.8, 4) is 0 Å². The highest BCUT2D eigenvalue weighted by molar-refractivity contribution is 7.59. The minimum atomic E-state index is -3.81. The van der Waals surface area contributed by atoms with Crippen LogP contribution in [-0.4, -0.2) is 25.3 Å². The van der Waals surface area contributed by atoms with Crippen molar-refractivity contribution in [1.82, 2.24) is 5.32 Å². The van der Waals surface area contributed by atoms with Gasteiger partial charge in [0.1, 0.15) is 17.3 Å². The van der Waals surface area contributed by atoms with Gasteiger partial charge in [0.2, 0.25) is 13.3 Å². The molecule has 0 aliphatic heterocycles. The van der Waals surface area contributed by atoms with Gasteiger partial charge in [0.25, 0.3) is 0 Å². The number of esters is 1. The summed E-state index contributed by atoms with van der Waals surface area (Å²) in [5.41, 5.74) is -2.07. The number of carbonyl (C=O) groups is 2. The smallest absolute Gasteiger partial charge is 0.313 e. The third-order valence-corrected chi connectivity index (χ3v) is 8.45. The van der Waals surface area contributed by atoms with Crippen LogP contribution in [0.2, 0.25) is 5.02 Å². The number of benzene rings is 2. The van der Waals surface area contributed by atoms with Crippen LogP contribution in [0.25, 0.3) is 16.2 Å². The molecule has 2 aromatic carbocycles. The van der Waals surface area contributed by atoms with Crippen molar-refractivity contribution >= 4 is 58.3 Å². The van der Waals surface area contributed by atoms with Gasteiger partial charge in [0, 0.05) is 28.2 Å². The molecule has 0 aliphatic rings. The lowest BCUT2D eigenvalue weighted by Crippen LogP contribution is -2.27. The Hall–Kier alpha value is -2.58. The van der Waals surface area contributed by atoms with E-state index >= 15 is 0 Å². The molecule has 0 spiro atoms. The Kier molecular flexibility index (Phi) is 8.72. The van der Waals surface area contributed by atoms with Gasteiger partial charge in [0.05, 0.1) is 5.41 Å². The first-order valence-corrected chi connectivity index (χ1v) is 14.2. The summed E-state index contributed by atoms with van der Waals surface area (Å²) in [6, 6.07) is 8.50. The Morgan fingerprint density at radius 3 is 2.50 bits per heavy atom. The average Bonchev–Trinajstić information content (AvgIpc) is 3.17. The summed E-state index contributed by atoms with van der Waals surface area (Å²) in [4.78, 5) is 25.4. The van der Waals surface area contributed by atoms with Crippen LogP contribution in [0.4, 0.5) is 8.78 Å². The second-order valence-corrected chi connectivity index (χ2v) is 13.0. The van der Waals surface area contributed by atoms with E-state index in [1.165, 1.54) is 24.1 Å². The first-order chi connectivity index (χ1) is 16.8. The van der Waals surface area contributed by atoms with E-state index in [1.54, 1.807) is 44.4 Å². The van der Waals surface area contributed by atoms with Gasteiger partial charge in [-0.2, -0.15) is 0 Å². The molecule has 6 nitrogen and oxygen atoms in total. The normalized spacial score (nSPS) is 14.5. The number of halogens is 3. The molecule has 0 saturated heterocycles. The monoisotopic (exact) mass is 555 g/mol. The van der Waals surface area contributed by atoms with Crippen molar-refractivity contribution in [3.05, 3.63) is 75.8 Å². The highest BCUT2D eigenvalue weighted by Crippen LogP contribution is 2.59. The predicted molar refractivity (Wildman–Crippen MR) is 138 cm³/mol. The van der Waals surface area contributed by atoms with Gasteiger partial charge in [-0.25, -0.2) is 8.78 Å². The van der Waals surface area contributed by atoms with Gasteiger partial charge in [0.15, 0.2) is 6.79 Å². The topological polar surface area (TPSA) is 81.7 Å². The standard InChI is InChI=1S/C25H25ClF2NO5PS/c1-25(2,3)24(31)33-14-34-35(4,32)22(18-13-36-21-9-8-15(26)12-17(18)21)23(30)29-11-10-16-19(27)6-5-7-20(16)28/h5-13,22H,14H2,1-4H3,(H,29,30)/b11-10+. The molecule has 0 fully saturated rings. The maximum atomic E-state index is 13.9. The number of rotatable bonds is 8. The summed E-state index contributed by atoms with van der Waals surface area (Å²) < 4.78 is 52.9. The van der Waals surface area contributed by atoms with E-state index in [0.717, 1.165) is 29.1 Å². The van der Waals surface area contributed by atoms with Gasteiger partial charge in [-0.3, -0.25) is 18.7 Å². The molecule has 11 heteroatoms. The molecule has 3 aromatic rings. The molecule has 2 atom stereocenters. The van der Waals surface area contributed by atoms with E-state index in [-0.39, 0.29) is 5.56 Å². The van der Waals surface area contributed by atoms with E-state index in [1.807, 2.05) is 0 Å². The molecular weight excluding hydrogens is 531 g/mol. The molecule has 0 bridgehead atoms. The first-order valence-electron chi connectivity index (χ1n) is 10.8. The van der Waals surface area contributed by atoms with Gasteiger partial charge in [-0.1, -0.05) is 17.7 Å². The van der Waals surface area contributed by atoms with Crippen LogP contribution in [0, 0.1) is 17.0 Å². The third kappa shape index (κ3) is 6.59. The Labute approximate surface area is 216 Å². The molecule has 3 rings (SSSR count). The Balaban J connectivity index is 1.91. The van der Waals surface area contributed by atoms with Crippen LogP contribution in [0.15, 0.2) is 48.0 Å². The maximum absolute atomic E-state index is 13.9. The van der Waals surface area contributed by atoms with E-state index in [2.05, 4.69) is 5.32 Å². The molecule has 0 saturated carbocycles. The third-order valence-electron chi connectivity index (χ3n) is 5.16. The Morgan fingerprint density at radius 2 is 1.86 bits per heavy atom. The SMILES string of the molecule is CC(C)(C)C(=O)OCOP(C)(=O)C(C(=O)N/C=C/c1c(F)cccc1F)c1csc2ccc(Cl)cc12. The van der Waals surface area contributed by atoms with E-state index in [4.69, 9.17) is 20.9 Å². The molecule has 0 aliphatic carbocycles. The van der Waals surface area contributed by atoms with Crippen molar-refractivity contribution in [3.63, 3.8) is 0 Å². The Bertz CT molecular complexity index is 1350. The fourth-order valence-electron chi connectivity index (χ4n) is 3.27. The second-order valence-electron chi connectivity index (χ2n) is 9.05. The highest BCUT2D eigenvalue weighted by atomic mass is 35.5. The molecule has 1 heterocycles. The molecule has 192 valence electrons. The van der Waals surface area contributed by atoms with Crippen LogP contribution in [-0.2, 0) is 23.4 Å². The zero-order chi connectivity index (χ0) is 26.7. The molecule has 1 N–H and O–H groups in total. The summed E-state index contributed by atoms with van der Waals surface area (Å²) in [5, 5.41) is 5.14. The van der Waals surface area contributed by atoms with Gasteiger partial charge >= 0.3 is 5.97 Å². The van der Waals surface area contributed by atoms with Crippen LogP contribution in [0.5, 0.6) is 0 Å². The van der Waals surface area contributed by atoms with Crippen LogP contribution in [0.3, 0.4) is 0 Å². The molecule has 0 radical (unpaired) electrons. The zero-order valence-corrected chi connectivity index (χ0v) is 22.5. The van der Waals surface area contributed by atoms with E-state index < -0.39 is 48.7 Å². The van der Waals surface area contributed by atoms with Crippen molar-refractivity contribution in [2.24, 2.45) is 5.41 Å². The average molecular weight is 556 g/mol. The summed E-state index contributed by atoms with van der Waals surface area (Å²) >= 11 is 7.48. The van der Waals surface area contributed by atoms with Crippen molar-refractivity contribution in [1.29, 1.82) is 0 Å². The van der Waals surface area contributed by atoms with Crippen molar-refractivity contribution in [2.45, 2.75) is 26.4 Å². The zero-order valence-electron chi connectivity index (χ0n) is 20.0. The number of amides is 1. The van der Waals surface area contributed by atoms with Crippen molar-refractivity contribution < 1.29 is 32.2 Å². The van der Waals surface area contributed by atoms with E-state index in [9.17, 15) is 22.9 Å². The Morgan fingerprint density at radius 1 is 1.19 bits per heavy atom. The fraction of sp³-hybridized carbons (Fsp3) is 0.280. The summed E-state index contributed by atoms with van der Waals surface area (Å²) in [5.74, 6) is -2.91. The number of thiophene rings is 1. The highest BCUT2D eigenvalue weighted by Gasteiger charge is 2.39. The molecule has 1 aromatic heterocycles. The summed E-state index contributed by atoms with van der Waals surface area (Å²) in [7, 11) is -3.81. The summed E-state index contributed by atoms with van der Waals surface area (Å²) in [6.45, 7) is 5.61.